The molecular formula is C15H15ClFNO. The fourth-order valence-electron chi connectivity index (χ4n) is 1.98. The number of aryl methyl sites for hydroxylation is 1. The maximum absolute atomic E-state index is 13.2. The normalized spacial score (nSPS) is 12.3. The van der Waals surface area contributed by atoms with Gasteiger partial charge in [-0.2, -0.15) is 0 Å². The molecule has 0 fully saturated rings. The molecule has 0 amide bonds. The van der Waals surface area contributed by atoms with Gasteiger partial charge in [0.1, 0.15) is 11.6 Å². The maximum Gasteiger partial charge on any atom is 0.141 e. The molecule has 0 spiro atoms. The summed E-state index contributed by atoms with van der Waals surface area (Å²) in [6.07, 6.45) is 0. The summed E-state index contributed by atoms with van der Waals surface area (Å²) in [6.45, 7) is 1.98. The zero-order valence-electron chi connectivity index (χ0n) is 10.8. The third-order valence-electron chi connectivity index (χ3n) is 3.02. The Morgan fingerprint density at radius 3 is 2.58 bits per heavy atom. The van der Waals surface area contributed by atoms with Crippen molar-refractivity contribution in [1.82, 2.24) is 0 Å². The first-order valence-corrected chi connectivity index (χ1v) is 6.26. The summed E-state index contributed by atoms with van der Waals surface area (Å²) in [4.78, 5) is 0. The van der Waals surface area contributed by atoms with Gasteiger partial charge in [0.25, 0.3) is 0 Å². The second-order valence-electron chi connectivity index (χ2n) is 4.40. The average molecular weight is 280 g/mol. The van der Waals surface area contributed by atoms with E-state index in [4.69, 9.17) is 22.1 Å². The predicted molar refractivity (Wildman–Crippen MR) is 75.2 cm³/mol. The second kappa shape index (κ2) is 5.59. The number of ether oxygens (including phenoxy) is 1. The van der Waals surface area contributed by atoms with Crippen LogP contribution in [0.2, 0.25) is 5.02 Å². The van der Waals surface area contributed by atoms with E-state index in [1.807, 2.05) is 25.1 Å². The van der Waals surface area contributed by atoms with E-state index in [2.05, 4.69) is 0 Å². The molecule has 0 aliphatic rings. The lowest BCUT2D eigenvalue weighted by molar-refractivity contribution is 0.407. The van der Waals surface area contributed by atoms with Crippen molar-refractivity contribution in [2.75, 3.05) is 7.11 Å². The number of nitrogens with two attached hydrogens (primary N) is 1. The highest BCUT2D eigenvalue weighted by Crippen LogP contribution is 2.30. The summed E-state index contributed by atoms with van der Waals surface area (Å²) >= 11 is 5.79. The van der Waals surface area contributed by atoms with E-state index in [0.29, 0.717) is 5.75 Å². The van der Waals surface area contributed by atoms with E-state index in [0.717, 1.165) is 16.7 Å². The molecule has 0 saturated heterocycles. The number of methoxy groups -OCH3 is 1. The molecule has 0 aromatic heterocycles. The predicted octanol–water partition coefficient (Wildman–Crippen LogP) is 3.84. The molecular weight excluding hydrogens is 265 g/mol. The van der Waals surface area contributed by atoms with Gasteiger partial charge < -0.3 is 10.5 Å². The van der Waals surface area contributed by atoms with Crippen LogP contribution in [0.1, 0.15) is 22.7 Å². The molecule has 2 N–H and O–H groups in total. The molecule has 0 heterocycles. The van der Waals surface area contributed by atoms with Gasteiger partial charge in [-0.3, -0.25) is 0 Å². The highest BCUT2D eigenvalue weighted by atomic mass is 35.5. The molecule has 2 rings (SSSR count). The molecule has 100 valence electrons. The lowest BCUT2D eigenvalue weighted by Crippen LogP contribution is -2.13. The van der Waals surface area contributed by atoms with E-state index >= 15 is 0 Å². The van der Waals surface area contributed by atoms with Gasteiger partial charge in [-0.25, -0.2) is 4.39 Å². The van der Waals surface area contributed by atoms with Gasteiger partial charge in [0.05, 0.1) is 18.2 Å². The molecule has 2 aromatic rings. The maximum atomic E-state index is 13.2. The van der Waals surface area contributed by atoms with Crippen molar-refractivity contribution in [3.8, 4) is 5.75 Å². The minimum atomic E-state index is -0.450. The van der Waals surface area contributed by atoms with Crippen LogP contribution >= 0.6 is 11.6 Å². The molecule has 2 aromatic carbocycles. The molecule has 1 unspecified atom stereocenters. The Morgan fingerprint density at radius 2 is 1.95 bits per heavy atom. The van der Waals surface area contributed by atoms with Crippen molar-refractivity contribution in [2.24, 2.45) is 5.73 Å². The molecule has 19 heavy (non-hydrogen) atoms. The van der Waals surface area contributed by atoms with Crippen LogP contribution in [-0.4, -0.2) is 7.11 Å². The van der Waals surface area contributed by atoms with Gasteiger partial charge in [0.2, 0.25) is 0 Å². The molecule has 0 saturated carbocycles. The molecule has 2 nitrogen and oxygen atoms in total. The number of hydrogen-bond acceptors (Lipinski definition) is 2. The lowest BCUT2D eigenvalue weighted by atomic mass is 9.97. The van der Waals surface area contributed by atoms with Crippen LogP contribution in [-0.2, 0) is 0 Å². The fourth-order valence-corrected chi connectivity index (χ4v) is 2.17. The third kappa shape index (κ3) is 2.88. The summed E-state index contributed by atoms with van der Waals surface area (Å²) in [5, 5.41) is 0.0690. The van der Waals surface area contributed by atoms with E-state index in [9.17, 15) is 4.39 Å². The largest absolute Gasteiger partial charge is 0.496 e. The van der Waals surface area contributed by atoms with Crippen molar-refractivity contribution in [3.05, 3.63) is 63.9 Å². The average Bonchev–Trinajstić information content (AvgIpc) is 2.41. The summed E-state index contributed by atoms with van der Waals surface area (Å²) in [5.41, 5.74) is 8.90. The smallest absolute Gasteiger partial charge is 0.141 e. The topological polar surface area (TPSA) is 35.2 Å². The Hall–Kier alpha value is -1.58. The van der Waals surface area contributed by atoms with E-state index in [1.54, 1.807) is 19.2 Å². The third-order valence-corrected chi connectivity index (χ3v) is 3.31. The van der Waals surface area contributed by atoms with Crippen LogP contribution < -0.4 is 10.5 Å². The summed E-state index contributed by atoms with van der Waals surface area (Å²) in [6, 6.07) is 9.87. The van der Waals surface area contributed by atoms with Crippen LogP contribution in [0, 0.1) is 12.7 Å². The number of hydrogen-bond donors (Lipinski definition) is 1. The molecule has 4 heteroatoms. The monoisotopic (exact) mass is 279 g/mol. The Balaban J connectivity index is 2.45. The zero-order chi connectivity index (χ0) is 14.0. The van der Waals surface area contributed by atoms with Crippen LogP contribution in [0.3, 0.4) is 0 Å². The highest BCUT2D eigenvalue weighted by molar-refractivity contribution is 6.30. The van der Waals surface area contributed by atoms with Crippen LogP contribution in [0.25, 0.3) is 0 Å². The number of rotatable bonds is 3. The molecule has 0 radical (unpaired) electrons. The Labute approximate surface area is 117 Å². The summed E-state index contributed by atoms with van der Waals surface area (Å²) in [5.74, 6) is 0.257. The zero-order valence-corrected chi connectivity index (χ0v) is 11.5. The summed E-state index contributed by atoms with van der Waals surface area (Å²) < 4.78 is 18.5. The van der Waals surface area contributed by atoms with Gasteiger partial charge in [0.15, 0.2) is 0 Å². The molecule has 0 aliphatic heterocycles. The minimum absolute atomic E-state index is 0.0690. The van der Waals surface area contributed by atoms with Crippen molar-refractivity contribution in [3.63, 3.8) is 0 Å². The number of benzene rings is 2. The summed E-state index contributed by atoms with van der Waals surface area (Å²) in [7, 11) is 1.60. The Kier molecular flexibility index (Phi) is 4.08. The van der Waals surface area contributed by atoms with Crippen LogP contribution in [0.5, 0.6) is 5.75 Å². The van der Waals surface area contributed by atoms with Crippen molar-refractivity contribution in [1.29, 1.82) is 0 Å². The van der Waals surface area contributed by atoms with Gasteiger partial charge >= 0.3 is 0 Å². The molecule has 0 aliphatic carbocycles. The Morgan fingerprint density at radius 1 is 1.21 bits per heavy atom. The van der Waals surface area contributed by atoms with Crippen molar-refractivity contribution >= 4 is 11.6 Å². The Bertz CT molecular complexity index is 601. The number of halogens is 2. The van der Waals surface area contributed by atoms with E-state index in [-0.39, 0.29) is 5.02 Å². The van der Waals surface area contributed by atoms with Crippen molar-refractivity contribution in [2.45, 2.75) is 13.0 Å². The first kappa shape index (κ1) is 13.8. The highest BCUT2D eigenvalue weighted by Gasteiger charge is 2.15. The first-order valence-electron chi connectivity index (χ1n) is 5.88. The second-order valence-corrected chi connectivity index (χ2v) is 4.80. The van der Waals surface area contributed by atoms with Crippen LogP contribution in [0.4, 0.5) is 4.39 Å². The standard InChI is InChI=1S/C15H15ClFNO/c1-9-3-6-14(19-2)11(7-9)15(18)10-4-5-13(17)12(16)8-10/h3-8,15H,18H2,1-2H3. The van der Waals surface area contributed by atoms with Gasteiger partial charge in [0, 0.05) is 5.56 Å². The molecule has 1 atom stereocenters. The van der Waals surface area contributed by atoms with Gasteiger partial charge in [-0.05, 0) is 30.7 Å². The lowest BCUT2D eigenvalue weighted by Gasteiger charge is -2.17. The minimum Gasteiger partial charge on any atom is -0.496 e. The van der Waals surface area contributed by atoms with Gasteiger partial charge in [-0.1, -0.05) is 35.4 Å². The first-order chi connectivity index (χ1) is 9.02. The van der Waals surface area contributed by atoms with Crippen LogP contribution in [0.15, 0.2) is 36.4 Å². The molecule has 0 bridgehead atoms. The SMILES string of the molecule is COc1ccc(C)cc1C(N)c1ccc(F)c(Cl)c1. The van der Waals surface area contributed by atoms with Gasteiger partial charge in [-0.15, -0.1) is 0 Å². The van der Waals surface area contributed by atoms with E-state index in [1.165, 1.54) is 6.07 Å². The van der Waals surface area contributed by atoms with Crippen molar-refractivity contribution < 1.29 is 9.13 Å². The fraction of sp³-hybridized carbons (Fsp3) is 0.200. The quantitative estimate of drug-likeness (QED) is 0.926. The van der Waals surface area contributed by atoms with E-state index < -0.39 is 11.9 Å².